The van der Waals surface area contributed by atoms with Crippen molar-refractivity contribution in [2.45, 2.75) is 64.3 Å². The van der Waals surface area contributed by atoms with Gasteiger partial charge >= 0.3 is 5.97 Å². The first kappa shape index (κ1) is 31.2. The number of nitrogens with zero attached hydrogens (tertiary/aromatic N) is 1. The van der Waals surface area contributed by atoms with E-state index in [9.17, 15) is 9.90 Å². The maximum atomic E-state index is 13.8. The zero-order valence-electron chi connectivity index (χ0n) is 25.5. The second-order valence-electron chi connectivity index (χ2n) is 12.7. The molecule has 0 bridgehead atoms. The molecule has 0 fully saturated rings. The first-order valence-corrected chi connectivity index (χ1v) is 15.0. The third-order valence-corrected chi connectivity index (χ3v) is 7.99. The van der Waals surface area contributed by atoms with Crippen molar-refractivity contribution in [1.82, 2.24) is 0 Å². The number of phenolic OH excluding ortho intramolecular Hbond substituents is 1. The van der Waals surface area contributed by atoms with Crippen molar-refractivity contribution in [1.29, 1.82) is 0 Å². The van der Waals surface area contributed by atoms with E-state index in [4.69, 9.17) is 9.73 Å². The van der Waals surface area contributed by atoms with Crippen molar-refractivity contribution in [2.24, 2.45) is 4.99 Å². The summed E-state index contributed by atoms with van der Waals surface area (Å²) in [5.74, 6) is -0.633. The van der Waals surface area contributed by atoms with Crippen LogP contribution in [-0.4, -0.2) is 29.9 Å². The van der Waals surface area contributed by atoms with Crippen LogP contribution in [0.3, 0.4) is 0 Å². The van der Waals surface area contributed by atoms with Crippen molar-refractivity contribution >= 4 is 27.6 Å². The highest BCUT2D eigenvalue weighted by molar-refractivity contribution is 9.10. The third-order valence-electron chi connectivity index (χ3n) is 7.46. The Hall–Kier alpha value is -3.70. The lowest BCUT2D eigenvalue weighted by molar-refractivity contribution is -0.142. The standard InChI is InChI=1S/C37H40BrNO3/c1-36(2,3)29-22-27(23-30(34(29)40)37(4,5)6)31(24-18-20-28(38)21-19-24)33(35(41)42-7)39-32(25-14-10-8-11-15-25)26-16-12-9-13-17-26/h8-23,31,33,40H,1-7H3/t31-,33-/m0/s1. The molecule has 4 aromatic rings. The number of halogens is 1. The quantitative estimate of drug-likeness (QED) is 0.165. The Bertz CT molecular complexity index is 1470. The number of aliphatic imine (C=N–C) groups is 1. The van der Waals surface area contributed by atoms with E-state index in [1.807, 2.05) is 97.1 Å². The average molecular weight is 627 g/mol. The molecule has 0 aromatic heterocycles. The molecule has 4 rings (SSSR count). The fraction of sp³-hybridized carbons (Fsp3) is 0.297. The van der Waals surface area contributed by atoms with Crippen LogP contribution in [0.5, 0.6) is 5.75 Å². The third kappa shape index (κ3) is 7.01. The van der Waals surface area contributed by atoms with Crippen molar-refractivity contribution in [3.63, 3.8) is 0 Å². The molecule has 4 nitrogen and oxygen atoms in total. The number of esters is 1. The minimum Gasteiger partial charge on any atom is -0.507 e. The van der Waals surface area contributed by atoms with Crippen LogP contribution < -0.4 is 0 Å². The monoisotopic (exact) mass is 625 g/mol. The molecule has 0 amide bonds. The van der Waals surface area contributed by atoms with E-state index in [1.54, 1.807) is 0 Å². The molecule has 5 heteroatoms. The summed E-state index contributed by atoms with van der Waals surface area (Å²) >= 11 is 3.56. The number of carbonyl (C=O) groups excluding carboxylic acids is 1. The van der Waals surface area contributed by atoms with Gasteiger partial charge in [0.15, 0.2) is 6.04 Å². The molecule has 0 aliphatic rings. The normalized spacial score (nSPS) is 13.2. The summed E-state index contributed by atoms with van der Waals surface area (Å²) in [5.41, 5.74) is 5.30. The van der Waals surface area contributed by atoms with Crippen molar-refractivity contribution < 1.29 is 14.6 Å². The number of rotatable bonds is 7. The van der Waals surface area contributed by atoms with Crippen LogP contribution in [0.4, 0.5) is 0 Å². The van der Waals surface area contributed by atoms with Gasteiger partial charge in [-0.05, 0) is 45.2 Å². The van der Waals surface area contributed by atoms with E-state index in [-0.39, 0.29) is 10.8 Å². The van der Waals surface area contributed by atoms with Gasteiger partial charge in [0.05, 0.1) is 12.8 Å². The van der Waals surface area contributed by atoms with Crippen LogP contribution in [0.15, 0.2) is 107 Å². The number of benzene rings is 4. The van der Waals surface area contributed by atoms with Crippen LogP contribution in [0.25, 0.3) is 0 Å². The fourth-order valence-corrected chi connectivity index (χ4v) is 5.50. The average Bonchev–Trinajstić information content (AvgIpc) is 2.95. The molecule has 42 heavy (non-hydrogen) atoms. The lowest BCUT2D eigenvalue weighted by Gasteiger charge is -2.31. The Morgan fingerprint density at radius 3 is 1.60 bits per heavy atom. The van der Waals surface area contributed by atoms with Crippen molar-refractivity contribution in [3.8, 4) is 5.75 Å². The molecule has 0 aliphatic carbocycles. The van der Waals surface area contributed by atoms with Crippen LogP contribution in [0.1, 0.15) is 80.8 Å². The highest BCUT2D eigenvalue weighted by Gasteiger charge is 2.36. The Labute approximate surface area is 258 Å². The summed E-state index contributed by atoms with van der Waals surface area (Å²) in [5, 5.41) is 11.5. The van der Waals surface area contributed by atoms with Crippen LogP contribution in [0.2, 0.25) is 0 Å². The smallest absolute Gasteiger partial charge is 0.331 e. The first-order chi connectivity index (χ1) is 19.8. The molecule has 4 aromatic carbocycles. The fourth-order valence-electron chi connectivity index (χ4n) is 5.24. The van der Waals surface area contributed by atoms with Gasteiger partial charge in [-0.2, -0.15) is 0 Å². The topological polar surface area (TPSA) is 58.9 Å². The minimum absolute atomic E-state index is 0.292. The SMILES string of the molecule is COC(=O)[C@@H](N=C(c1ccccc1)c1ccccc1)[C@@H](c1ccc(Br)cc1)c1cc(C(C)(C)C)c(O)c(C(C)(C)C)c1. The number of ether oxygens (including phenoxy) is 1. The number of aromatic hydroxyl groups is 1. The molecule has 0 saturated carbocycles. The lowest BCUT2D eigenvalue weighted by atomic mass is 9.75. The molecule has 0 aliphatic heterocycles. The predicted molar refractivity (Wildman–Crippen MR) is 176 cm³/mol. The van der Waals surface area contributed by atoms with Crippen LogP contribution in [0, 0.1) is 0 Å². The van der Waals surface area contributed by atoms with E-state index < -0.39 is 17.9 Å². The van der Waals surface area contributed by atoms with E-state index in [2.05, 4.69) is 57.5 Å². The van der Waals surface area contributed by atoms with E-state index in [0.717, 1.165) is 37.9 Å². The molecule has 0 spiro atoms. The summed E-state index contributed by atoms with van der Waals surface area (Å²) < 4.78 is 6.39. The zero-order chi connectivity index (χ0) is 30.7. The van der Waals surface area contributed by atoms with Crippen LogP contribution in [-0.2, 0) is 20.4 Å². The Morgan fingerprint density at radius 1 is 0.738 bits per heavy atom. The zero-order valence-corrected chi connectivity index (χ0v) is 27.1. The van der Waals surface area contributed by atoms with Gasteiger partial charge in [0, 0.05) is 21.5 Å². The van der Waals surface area contributed by atoms with Gasteiger partial charge < -0.3 is 9.84 Å². The molecular formula is C37H40BrNO3. The number of methoxy groups -OCH3 is 1. The minimum atomic E-state index is -0.906. The molecular weight excluding hydrogens is 586 g/mol. The maximum absolute atomic E-state index is 13.8. The van der Waals surface area contributed by atoms with E-state index in [1.165, 1.54) is 7.11 Å². The predicted octanol–water partition coefficient (Wildman–Crippen LogP) is 8.96. The Kier molecular flexibility index (Phi) is 9.42. The molecule has 218 valence electrons. The summed E-state index contributed by atoms with van der Waals surface area (Å²) in [4.78, 5) is 19.0. The highest BCUT2D eigenvalue weighted by Crippen LogP contribution is 2.43. The van der Waals surface area contributed by atoms with Gasteiger partial charge in [-0.25, -0.2) is 4.79 Å². The van der Waals surface area contributed by atoms with Crippen molar-refractivity contribution in [2.75, 3.05) is 7.11 Å². The molecule has 2 atom stereocenters. The van der Waals surface area contributed by atoms with Gasteiger partial charge in [-0.3, -0.25) is 4.99 Å². The van der Waals surface area contributed by atoms with Gasteiger partial charge in [0.2, 0.25) is 0 Å². The first-order valence-electron chi connectivity index (χ1n) is 14.2. The molecule has 0 radical (unpaired) electrons. The molecule has 0 unspecified atom stereocenters. The molecule has 0 heterocycles. The summed E-state index contributed by atoms with van der Waals surface area (Å²) in [6.45, 7) is 12.5. The van der Waals surface area contributed by atoms with Crippen LogP contribution >= 0.6 is 15.9 Å². The number of hydrogen-bond donors (Lipinski definition) is 1. The highest BCUT2D eigenvalue weighted by atomic mass is 79.9. The molecule has 0 saturated heterocycles. The van der Waals surface area contributed by atoms with Crippen molar-refractivity contribution in [3.05, 3.63) is 135 Å². The maximum Gasteiger partial charge on any atom is 0.331 e. The summed E-state index contributed by atoms with van der Waals surface area (Å²) in [6, 6.07) is 31.0. The number of phenols is 1. The van der Waals surface area contributed by atoms with Gasteiger partial charge in [-0.15, -0.1) is 0 Å². The summed E-state index contributed by atoms with van der Waals surface area (Å²) in [7, 11) is 1.41. The number of hydrogen-bond acceptors (Lipinski definition) is 4. The Morgan fingerprint density at radius 2 is 1.19 bits per heavy atom. The second kappa shape index (κ2) is 12.7. The summed E-state index contributed by atoms with van der Waals surface area (Å²) in [6.07, 6.45) is 0. The largest absolute Gasteiger partial charge is 0.507 e. The number of carbonyl (C=O) groups is 1. The lowest BCUT2D eigenvalue weighted by Crippen LogP contribution is -2.31. The second-order valence-corrected chi connectivity index (χ2v) is 13.6. The van der Waals surface area contributed by atoms with Gasteiger partial charge in [-0.1, -0.05) is 142 Å². The van der Waals surface area contributed by atoms with E-state index in [0.29, 0.717) is 11.5 Å². The van der Waals surface area contributed by atoms with Gasteiger partial charge in [0.1, 0.15) is 5.75 Å². The van der Waals surface area contributed by atoms with E-state index >= 15 is 0 Å². The molecule has 1 N–H and O–H groups in total. The van der Waals surface area contributed by atoms with Gasteiger partial charge in [0.25, 0.3) is 0 Å². The Balaban J connectivity index is 2.08.